The van der Waals surface area contributed by atoms with Crippen LogP contribution in [0.3, 0.4) is 0 Å². The van der Waals surface area contributed by atoms with Crippen molar-refractivity contribution >= 4 is 16.9 Å². The number of aryl methyl sites for hydroxylation is 1. The molecule has 1 amide bonds. The molecule has 0 unspecified atom stereocenters. The van der Waals surface area contributed by atoms with Crippen LogP contribution in [0.4, 0.5) is 0 Å². The van der Waals surface area contributed by atoms with E-state index >= 15 is 0 Å². The standard InChI is InChI=1S/C19H18N2O4/c20-21-18(22)9-6-14-10-19(23)25-17-11-15(7-8-16(14)17)24-12-13-4-2-1-3-5-13/h1-5,7-8,10-11H,6,9,12,20H2,(H,21,22). The fourth-order valence-corrected chi connectivity index (χ4v) is 2.57. The van der Waals surface area contributed by atoms with Gasteiger partial charge < -0.3 is 9.15 Å². The molecule has 3 N–H and O–H groups in total. The molecule has 0 bridgehead atoms. The van der Waals surface area contributed by atoms with Gasteiger partial charge in [-0.2, -0.15) is 0 Å². The number of rotatable bonds is 6. The summed E-state index contributed by atoms with van der Waals surface area (Å²) in [5, 5.41) is 0.775. The van der Waals surface area contributed by atoms with Crippen LogP contribution in [0.1, 0.15) is 17.5 Å². The van der Waals surface area contributed by atoms with Crippen LogP contribution in [-0.2, 0) is 17.8 Å². The summed E-state index contributed by atoms with van der Waals surface area (Å²) in [5.41, 5.74) is 3.84. The molecular formula is C19H18N2O4. The zero-order valence-electron chi connectivity index (χ0n) is 13.5. The molecule has 25 heavy (non-hydrogen) atoms. The Balaban J connectivity index is 1.82. The lowest BCUT2D eigenvalue weighted by Crippen LogP contribution is -2.30. The van der Waals surface area contributed by atoms with Gasteiger partial charge in [0.05, 0.1) is 0 Å². The Morgan fingerprint density at radius 3 is 2.68 bits per heavy atom. The third-order valence-electron chi connectivity index (χ3n) is 3.83. The van der Waals surface area contributed by atoms with Gasteiger partial charge in [-0.15, -0.1) is 0 Å². The number of carbonyl (C=O) groups is 1. The van der Waals surface area contributed by atoms with E-state index in [9.17, 15) is 9.59 Å². The maximum absolute atomic E-state index is 11.8. The van der Waals surface area contributed by atoms with Crippen molar-refractivity contribution < 1.29 is 13.9 Å². The van der Waals surface area contributed by atoms with E-state index in [1.165, 1.54) is 6.07 Å². The lowest BCUT2D eigenvalue weighted by Gasteiger charge is -2.09. The van der Waals surface area contributed by atoms with Crippen LogP contribution < -0.4 is 21.6 Å². The van der Waals surface area contributed by atoms with Crippen molar-refractivity contribution in [3.63, 3.8) is 0 Å². The number of hydrogen-bond acceptors (Lipinski definition) is 5. The van der Waals surface area contributed by atoms with Gasteiger partial charge in [-0.1, -0.05) is 30.3 Å². The third-order valence-corrected chi connectivity index (χ3v) is 3.83. The molecule has 0 radical (unpaired) electrons. The van der Waals surface area contributed by atoms with Crippen LogP contribution in [0, 0.1) is 0 Å². The fraction of sp³-hybridized carbons (Fsp3) is 0.158. The monoisotopic (exact) mass is 338 g/mol. The van der Waals surface area contributed by atoms with E-state index in [4.69, 9.17) is 15.0 Å². The highest BCUT2D eigenvalue weighted by molar-refractivity contribution is 5.82. The molecule has 3 rings (SSSR count). The topological polar surface area (TPSA) is 94.6 Å². The first kappa shape index (κ1) is 16.7. The number of ether oxygens (including phenoxy) is 1. The number of nitrogens with two attached hydrogens (primary N) is 1. The number of carbonyl (C=O) groups excluding carboxylic acids is 1. The minimum absolute atomic E-state index is 0.196. The lowest BCUT2D eigenvalue weighted by atomic mass is 10.1. The third kappa shape index (κ3) is 4.24. The molecule has 128 valence electrons. The summed E-state index contributed by atoms with van der Waals surface area (Å²) in [4.78, 5) is 23.1. The smallest absolute Gasteiger partial charge is 0.336 e. The van der Waals surface area contributed by atoms with E-state index in [1.54, 1.807) is 6.07 Å². The Labute approximate surface area is 144 Å². The van der Waals surface area contributed by atoms with Crippen molar-refractivity contribution in [3.8, 4) is 5.75 Å². The quantitative estimate of drug-likeness (QED) is 0.311. The molecule has 0 fully saturated rings. The molecule has 0 atom stereocenters. The van der Waals surface area contributed by atoms with Gasteiger partial charge in [0.15, 0.2) is 0 Å². The highest BCUT2D eigenvalue weighted by Crippen LogP contribution is 2.24. The summed E-state index contributed by atoms with van der Waals surface area (Å²) >= 11 is 0. The Morgan fingerprint density at radius 1 is 1.12 bits per heavy atom. The number of fused-ring (bicyclic) bond motifs is 1. The maximum Gasteiger partial charge on any atom is 0.336 e. The van der Waals surface area contributed by atoms with E-state index in [0.717, 1.165) is 16.5 Å². The Morgan fingerprint density at radius 2 is 1.92 bits per heavy atom. The highest BCUT2D eigenvalue weighted by Gasteiger charge is 2.09. The van der Waals surface area contributed by atoms with E-state index in [2.05, 4.69) is 5.43 Å². The first-order valence-electron chi connectivity index (χ1n) is 7.88. The number of benzene rings is 2. The zero-order chi connectivity index (χ0) is 17.6. The van der Waals surface area contributed by atoms with Gasteiger partial charge in [-0.25, -0.2) is 10.6 Å². The number of hydrogen-bond donors (Lipinski definition) is 2. The van der Waals surface area contributed by atoms with Crippen LogP contribution in [0.25, 0.3) is 11.0 Å². The van der Waals surface area contributed by atoms with Crippen LogP contribution in [0.2, 0.25) is 0 Å². The number of hydrazine groups is 1. The van der Waals surface area contributed by atoms with E-state index < -0.39 is 5.63 Å². The summed E-state index contributed by atoms with van der Waals surface area (Å²) < 4.78 is 11.0. The van der Waals surface area contributed by atoms with Crippen molar-refractivity contribution in [1.29, 1.82) is 0 Å². The molecule has 3 aromatic rings. The van der Waals surface area contributed by atoms with Crippen molar-refractivity contribution in [2.75, 3.05) is 0 Å². The molecule has 6 heteroatoms. The van der Waals surface area contributed by atoms with Crippen molar-refractivity contribution in [1.82, 2.24) is 5.43 Å². The van der Waals surface area contributed by atoms with Crippen LogP contribution in [0.15, 0.2) is 63.8 Å². The molecule has 6 nitrogen and oxygen atoms in total. The lowest BCUT2D eigenvalue weighted by molar-refractivity contribution is -0.121. The van der Waals surface area contributed by atoms with Crippen LogP contribution in [-0.4, -0.2) is 5.91 Å². The largest absolute Gasteiger partial charge is 0.489 e. The van der Waals surface area contributed by atoms with Gasteiger partial charge >= 0.3 is 5.63 Å². The van der Waals surface area contributed by atoms with Crippen LogP contribution in [0.5, 0.6) is 5.75 Å². The molecule has 2 aromatic carbocycles. The van der Waals surface area contributed by atoms with Gasteiger partial charge in [0.1, 0.15) is 17.9 Å². The highest BCUT2D eigenvalue weighted by atomic mass is 16.5. The molecular weight excluding hydrogens is 320 g/mol. The van der Waals surface area contributed by atoms with Crippen molar-refractivity contribution in [2.24, 2.45) is 5.84 Å². The molecule has 0 spiro atoms. The predicted octanol–water partition coefficient (Wildman–Crippen LogP) is 2.29. The van der Waals surface area contributed by atoms with Gasteiger partial charge in [0.2, 0.25) is 5.91 Å². The van der Waals surface area contributed by atoms with E-state index in [-0.39, 0.29) is 12.3 Å². The van der Waals surface area contributed by atoms with E-state index in [0.29, 0.717) is 24.4 Å². The average Bonchev–Trinajstić information content (AvgIpc) is 2.64. The zero-order valence-corrected chi connectivity index (χ0v) is 13.5. The second-order valence-electron chi connectivity index (χ2n) is 5.59. The molecule has 1 aromatic heterocycles. The predicted molar refractivity (Wildman–Crippen MR) is 93.9 cm³/mol. The Hall–Kier alpha value is -3.12. The summed E-state index contributed by atoms with van der Waals surface area (Å²) in [6.07, 6.45) is 0.594. The molecule has 0 aliphatic carbocycles. The van der Waals surface area contributed by atoms with Gasteiger partial charge in [-0.3, -0.25) is 10.2 Å². The minimum atomic E-state index is -0.462. The summed E-state index contributed by atoms with van der Waals surface area (Å²) in [6.45, 7) is 0.424. The summed E-state index contributed by atoms with van der Waals surface area (Å²) in [6, 6.07) is 16.5. The molecule has 0 saturated heterocycles. The number of amides is 1. The SMILES string of the molecule is NNC(=O)CCc1cc(=O)oc2cc(OCc3ccccc3)ccc12. The van der Waals surface area contributed by atoms with Crippen molar-refractivity contribution in [2.45, 2.75) is 19.4 Å². The van der Waals surface area contributed by atoms with Crippen molar-refractivity contribution in [3.05, 3.63) is 76.1 Å². The molecule has 1 heterocycles. The average molecular weight is 338 g/mol. The minimum Gasteiger partial charge on any atom is -0.489 e. The normalized spacial score (nSPS) is 10.6. The van der Waals surface area contributed by atoms with Crippen LogP contribution >= 0.6 is 0 Å². The van der Waals surface area contributed by atoms with Gasteiger partial charge in [-0.05, 0) is 29.7 Å². The fourth-order valence-electron chi connectivity index (χ4n) is 2.57. The summed E-state index contributed by atoms with van der Waals surface area (Å²) in [5.74, 6) is 5.40. The van der Waals surface area contributed by atoms with Gasteiger partial charge in [0, 0.05) is 23.9 Å². The Bertz CT molecular complexity index is 935. The van der Waals surface area contributed by atoms with E-state index in [1.807, 2.05) is 42.5 Å². The second-order valence-corrected chi connectivity index (χ2v) is 5.59. The Kier molecular flexibility index (Phi) is 5.11. The molecule has 0 aliphatic rings. The first-order valence-corrected chi connectivity index (χ1v) is 7.88. The second kappa shape index (κ2) is 7.63. The van der Waals surface area contributed by atoms with Gasteiger partial charge in [0.25, 0.3) is 0 Å². The maximum atomic E-state index is 11.8. The first-order chi connectivity index (χ1) is 12.2. The number of nitrogens with one attached hydrogen (secondary N) is 1. The summed E-state index contributed by atoms with van der Waals surface area (Å²) in [7, 11) is 0. The molecule has 0 aliphatic heterocycles. The molecule has 0 saturated carbocycles.